The van der Waals surface area contributed by atoms with Crippen molar-refractivity contribution >= 4 is 5.78 Å². The molecule has 1 aromatic carbocycles. The number of hydrogen-bond acceptors (Lipinski definition) is 3. The Bertz CT molecular complexity index is 435. The molecule has 0 N–H and O–H groups in total. The summed E-state index contributed by atoms with van der Waals surface area (Å²) in [5.74, 6) is 1.11. The predicted octanol–water partition coefficient (Wildman–Crippen LogP) is 4.31. The van der Waals surface area contributed by atoms with Crippen LogP contribution >= 0.6 is 0 Å². The molecule has 1 fully saturated rings. The molecule has 0 spiro atoms. The molecule has 2 rings (SSSR count). The summed E-state index contributed by atoms with van der Waals surface area (Å²) in [6.07, 6.45) is 8.02. The lowest BCUT2D eigenvalue weighted by Gasteiger charge is -2.13. The number of carbonyl (C=O) groups excluding carboxylic acids is 1. The van der Waals surface area contributed by atoms with Gasteiger partial charge in [0, 0.05) is 18.5 Å². The van der Waals surface area contributed by atoms with Crippen molar-refractivity contribution in [2.75, 3.05) is 26.2 Å². The first-order valence-electron chi connectivity index (χ1n) is 8.78. The van der Waals surface area contributed by atoms with Crippen molar-refractivity contribution in [3.63, 3.8) is 0 Å². The third-order valence-corrected chi connectivity index (χ3v) is 4.30. The second-order valence-electron chi connectivity index (χ2n) is 6.16. The Kier molecular flexibility index (Phi) is 7.44. The maximum absolute atomic E-state index is 12.2. The molecular weight excluding hydrogens is 274 g/mol. The summed E-state index contributed by atoms with van der Waals surface area (Å²) in [4.78, 5) is 14.6. The fourth-order valence-corrected chi connectivity index (χ4v) is 2.87. The van der Waals surface area contributed by atoms with E-state index in [2.05, 4.69) is 11.8 Å². The molecule has 0 unspecified atom stereocenters. The fourth-order valence-electron chi connectivity index (χ4n) is 2.87. The van der Waals surface area contributed by atoms with Crippen LogP contribution in [0.1, 0.15) is 62.2 Å². The Labute approximate surface area is 134 Å². The first kappa shape index (κ1) is 17.0. The average molecular weight is 303 g/mol. The summed E-state index contributed by atoms with van der Waals surface area (Å²) in [6.45, 7) is 6.17. The molecule has 122 valence electrons. The van der Waals surface area contributed by atoms with Crippen LogP contribution in [0.15, 0.2) is 24.3 Å². The molecule has 22 heavy (non-hydrogen) atoms. The number of nitrogens with zero attached hydrogens (tertiary/aromatic N) is 1. The van der Waals surface area contributed by atoms with Crippen molar-refractivity contribution in [2.24, 2.45) is 0 Å². The van der Waals surface area contributed by atoms with Crippen LogP contribution in [0.25, 0.3) is 0 Å². The highest BCUT2D eigenvalue weighted by atomic mass is 16.5. The number of rotatable bonds is 10. The van der Waals surface area contributed by atoms with Crippen molar-refractivity contribution in [3.05, 3.63) is 29.8 Å². The Morgan fingerprint density at radius 1 is 1.09 bits per heavy atom. The van der Waals surface area contributed by atoms with Gasteiger partial charge in [-0.15, -0.1) is 0 Å². The van der Waals surface area contributed by atoms with Crippen LogP contribution in [-0.4, -0.2) is 36.9 Å². The molecule has 1 aliphatic rings. The average Bonchev–Trinajstić information content (AvgIpc) is 3.06. The van der Waals surface area contributed by atoms with Gasteiger partial charge in [0.2, 0.25) is 0 Å². The van der Waals surface area contributed by atoms with E-state index in [9.17, 15) is 4.79 Å². The lowest BCUT2D eigenvalue weighted by atomic mass is 10.1. The molecule has 1 aliphatic heterocycles. The molecular formula is C19H29NO2. The number of unbranched alkanes of at least 4 members (excludes halogenated alkanes) is 3. The van der Waals surface area contributed by atoms with E-state index in [1.165, 1.54) is 32.1 Å². The quantitative estimate of drug-likeness (QED) is 0.476. The van der Waals surface area contributed by atoms with E-state index in [-0.39, 0.29) is 5.78 Å². The zero-order valence-corrected chi connectivity index (χ0v) is 13.9. The molecule has 0 amide bonds. The Hall–Kier alpha value is -1.35. The lowest BCUT2D eigenvalue weighted by Crippen LogP contribution is -2.22. The van der Waals surface area contributed by atoms with Gasteiger partial charge in [-0.25, -0.2) is 0 Å². The van der Waals surface area contributed by atoms with Gasteiger partial charge in [0.1, 0.15) is 5.75 Å². The van der Waals surface area contributed by atoms with E-state index in [1.54, 1.807) is 0 Å². The zero-order chi connectivity index (χ0) is 15.6. The van der Waals surface area contributed by atoms with E-state index in [4.69, 9.17) is 4.74 Å². The number of carbonyl (C=O) groups is 1. The van der Waals surface area contributed by atoms with Crippen LogP contribution in [0, 0.1) is 0 Å². The summed E-state index contributed by atoms with van der Waals surface area (Å²) in [5.41, 5.74) is 0.803. The molecule has 0 saturated carbocycles. The maximum atomic E-state index is 12.2. The highest BCUT2D eigenvalue weighted by molar-refractivity contribution is 5.96. The van der Waals surface area contributed by atoms with Crippen molar-refractivity contribution < 1.29 is 9.53 Å². The monoisotopic (exact) mass is 303 g/mol. The van der Waals surface area contributed by atoms with Crippen LogP contribution < -0.4 is 4.74 Å². The summed E-state index contributed by atoms with van der Waals surface area (Å²) in [6, 6.07) is 7.63. The van der Waals surface area contributed by atoms with E-state index >= 15 is 0 Å². The molecule has 0 aromatic heterocycles. The molecule has 1 heterocycles. The van der Waals surface area contributed by atoms with Gasteiger partial charge in [0.15, 0.2) is 5.78 Å². The van der Waals surface area contributed by atoms with Gasteiger partial charge >= 0.3 is 0 Å². The van der Waals surface area contributed by atoms with Crippen LogP contribution in [0.4, 0.5) is 0 Å². The standard InChI is InChI=1S/C19H29NO2/c1-2-3-4-7-16-22-18-10-8-17(9-11-18)19(21)12-15-20-13-5-6-14-20/h8-11H,2-7,12-16H2,1H3. The lowest BCUT2D eigenvalue weighted by molar-refractivity contribution is 0.0969. The van der Waals surface area contributed by atoms with Gasteiger partial charge < -0.3 is 9.64 Å². The van der Waals surface area contributed by atoms with Crippen molar-refractivity contribution in [2.45, 2.75) is 51.9 Å². The van der Waals surface area contributed by atoms with Gasteiger partial charge in [-0.05, 0) is 56.6 Å². The van der Waals surface area contributed by atoms with Gasteiger partial charge in [0.05, 0.1) is 6.61 Å². The third kappa shape index (κ3) is 5.80. The molecule has 1 aromatic rings. The van der Waals surface area contributed by atoms with Crippen molar-refractivity contribution in [3.8, 4) is 5.75 Å². The largest absolute Gasteiger partial charge is 0.494 e. The molecule has 0 aliphatic carbocycles. The van der Waals surface area contributed by atoms with E-state index in [0.29, 0.717) is 6.42 Å². The number of ether oxygens (including phenoxy) is 1. The zero-order valence-electron chi connectivity index (χ0n) is 13.9. The molecule has 0 radical (unpaired) electrons. The molecule has 0 bridgehead atoms. The Balaban J connectivity index is 1.69. The minimum Gasteiger partial charge on any atom is -0.494 e. The number of benzene rings is 1. The van der Waals surface area contributed by atoms with Crippen LogP contribution in [0.5, 0.6) is 5.75 Å². The smallest absolute Gasteiger partial charge is 0.164 e. The number of likely N-dealkylation sites (tertiary alicyclic amines) is 1. The molecule has 1 saturated heterocycles. The topological polar surface area (TPSA) is 29.5 Å². The Morgan fingerprint density at radius 2 is 1.82 bits per heavy atom. The van der Waals surface area contributed by atoms with Gasteiger partial charge in [-0.1, -0.05) is 26.2 Å². The van der Waals surface area contributed by atoms with E-state index in [1.807, 2.05) is 24.3 Å². The SMILES string of the molecule is CCCCCCOc1ccc(C(=O)CCN2CCCC2)cc1. The minimum absolute atomic E-state index is 0.237. The first-order valence-corrected chi connectivity index (χ1v) is 8.78. The summed E-state index contributed by atoms with van der Waals surface area (Å²) in [7, 11) is 0. The number of Topliss-reactive ketones (excluding diaryl/α,β-unsaturated/α-hetero) is 1. The fraction of sp³-hybridized carbons (Fsp3) is 0.632. The maximum Gasteiger partial charge on any atom is 0.164 e. The Morgan fingerprint density at radius 3 is 2.50 bits per heavy atom. The van der Waals surface area contributed by atoms with Gasteiger partial charge in [0.25, 0.3) is 0 Å². The molecule has 3 nitrogen and oxygen atoms in total. The number of hydrogen-bond donors (Lipinski definition) is 0. The molecule has 0 atom stereocenters. The first-order chi connectivity index (χ1) is 10.8. The highest BCUT2D eigenvalue weighted by Gasteiger charge is 2.13. The molecule has 3 heteroatoms. The van der Waals surface area contributed by atoms with Crippen molar-refractivity contribution in [1.29, 1.82) is 0 Å². The van der Waals surface area contributed by atoms with Gasteiger partial charge in [-0.2, -0.15) is 0 Å². The van der Waals surface area contributed by atoms with Crippen molar-refractivity contribution in [1.82, 2.24) is 4.90 Å². The summed E-state index contributed by atoms with van der Waals surface area (Å²) >= 11 is 0. The van der Waals surface area contributed by atoms with Crippen LogP contribution in [-0.2, 0) is 0 Å². The minimum atomic E-state index is 0.237. The van der Waals surface area contributed by atoms with Gasteiger partial charge in [-0.3, -0.25) is 4.79 Å². The summed E-state index contributed by atoms with van der Waals surface area (Å²) in [5, 5.41) is 0. The normalized spacial score (nSPS) is 15.1. The predicted molar refractivity (Wildman–Crippen MR) is 90.7 cm³/mol. The second kappa shape index (κ2) is 9.62. The van der Waals surface area contributed by atoms with Crippen LogP contribution in [0.3, 0.4) is 0 Å². The summed E-state index contributed by atoms with van der Waals surface area (Å²) < 4.78 is 5.71. The highest BCUT2D eigenvalue weighted by Crippen LogP contribution is 2.15. The third-order valence-electron chi connectivity index (χ3n) is 4.30. The van der Waals surface area contributed by atoms with E-state index in [0.717, 1.165) is 44.0 Å². The second-order valence-corrected chi connectivity index (χ2v) is 6.16. The van der Waals surface area contributed by atoms with E-state index < -0.39 is 0 Å². The van der Waals surface area contributed by atoms with Crippen LogP contribution in [0.2, 0.25) is 0 Å². The number of ketones is 1.